The average Bonchev–Trinajstić information content (AvgIpc) is 3.02. The molecule has 2 aromatic rings. The predicted octanol–water partition coefficient (Wildman–Crippen LogP) is 0.130. The standard InChI is InChI=1S/C13H15N5O3/c1-3-13(15-2)11(20)9(19)10(21-13)7-4-5-8-12(14)16-6-17-18(7)8/h4-6,9-11,19-20H,3H2,1H3,(H2,14,16,17)/t9-,10-,11-,13+/m0/s1. The summed E-state index contributed by atoms with van der Waals surface area (Å²) in [6.07, 6.45) is -1.79. The van der Waals surface area contributed by atoms with Crippen LogP contribution in [0, 0.1) is 6.57 Å². The first-order chi connectivity index (χ1) is 10.0. The van der Waals surface area contributed by atoms with Crippen molar-refractivity contribution in [2.45, 2.75) is 37.4 Å². The molecule has 1 aliphatic rings. The van der Waals surface area contributed by atoms with Crippen molar-refractivity contribution in [2.75, 3.05) is 5.73 Å². The molecule has 8 heteroatoms. The van der Waals surface area contributed by atoms with Gasteiger partial charge >= 0.3 is 5.72 Å². The van der Waals surface area contributed by atoms with Gasteiger partial charge in [0.15, 0.2) is 11.9 Å². The minimum absolute atomic E-state index is 0.270. The van der Waals surface area contributed by atoms with Crippen LogP contribution in [0.25, 0.3) is 10.4 Å². The monoisotopic (exact) mass is 289 g/mol. The van der Waals surface area contributed by atoms with E-state index in [0.29, 0.717) is 17.0 Å². The van der Waals surface area contributed by atoms with Gasteiger partial charge in [0.1, 0.15) is 24.1 Å². The van der Waals surface area contributed by atoms with E-state index in [0.717, 1.165) is 0 Å². The van der Waals surface area contributed by atoms with Crippen molar-refractivity contribution in [3.63, 3.8) is 0 Å². The van der Waals surface area contributed by atoms with Gasteiger partial charge in [-0.3, -0.25) is 9.58 Å². The highest BCUT2D eigenvalue weighted by atomic mass is 16.6. The van der Waals surface area contributed by atoms with E-state index in [1.807, 2.05) is 0 Å². The summed E-state index contributed by atoms with van der Waals surface area (Å²) >= 11 is 0. The molecule has 0 amide bonds. The molecule has 2 aromatic heterocycles. The number of fused-ring (bicyclic) bond motifs is 1. The Morgan fingerprint density at radius 2 is 2.29 bits per heavy atom. The largest absolute Gasteiger partial charge is 0.387 e. The fourth-order valence-corrected chi connectivity index (χ4v) is 2.68. The van der Waals surface area contributed by atoms with Gasteiger partial charge in [0.2, 0.25) is 0 Å². The van der Waals surface area contributed by atoms with Crippen LogP contribution in [0.4, 0.5) is 5.82 Å². The number of nitrogen functional groups attached to an aromatic ring is 1. The quantitative estimate of drug-likeness (QED) is 0.678. The molecular weight excluding hydrogens is 274 g/mol. The Labute approximate surface area is 120 Å². The number of nitrogens with two attached hydrogens (primary N) is 1. The third-order valence-corrected chi connectivity index (χ3v) is 3.93. The van der Waals surface area contributed by atoms with Crippen LogP contribution >= 0.6 is 0 Å². The lowest BCUT2D eigenvalue weighted by atomic mass is 10.00. The fraction of sp³-hybridized carbons (Fsp3) is 0.462. The zero-order valence-corrected chi connectivity index (χ0v) is 11.3. The summed E-state index contributed by atoms with van der Waals surface area (Å²) in [5, 5.41) is 24.5. The molecule has 8 nitrogen and oxygen atoms in total. The van der Waals surface area contributed by atoms with Gasteiger partial charge in [-0.1, -0.05) is 6.92 Å². The van der Waals surface area contributed by atoms with E-state index in [1.54, 1.807) is 19.1 Å². The molecule has 3 heterocycles. The van der Waals surface area contributed by atoms with Crippen LogP contribution < -0.4 is 5.73 Å². The fourth-order valence-electron chi connectivity index (χ4n) is 2.68. The zero-order valence-electron chi connectivity index (χ0n) is 11.3. The summed E-state index contributed by atoms with van der Waals surface area (Å²) in [7, 11) is 0. The first kappa shape index (κ1) is 13.8. The summed E-state index contributed by atoms with van der Waals surface area (Å²) in [4.78, 5) is 7.26. The van der Waals surface area contributed by atoms with Crippen molar-refractivity contribution in [3.05, 3.63) is 35.6 Å². The second-order valence-electron chi connectivity index (χ2n) is 4.98. The maximum Gasteiger partial charge on any atom is 0.366 e. The number of hydrogen-bond donors (Lipinski definition) is 3. The second kappa shape index (κ2) is 4.66. The highest BCUT2D eigenvalue weighted by Gasteiger charge is 2.60. The lowest BCUT2D eigenvalue weighted by molar-refractivity contribution is -0.0544. The molecule has 3 rings (SSSR count). The van der Waals surface area contributed by atoms with Gasteiger partial charge in [-0.2, -0.15) is 5.10 Å². The number of nitrogens with zero attached hydrogens (tertiary/aromatic N) is 4. The number of aliphatic hydroxyl groups excluding tert-OH is 2. The van der Waals surface area contributed by atoms with Crippen LogP contribution in [0.1, 0.15) is 25.1 Å². The number of aromatic nitrogens is 3. The molecule has 1 aliphatic heterocycles. The van der Waals surface area contributed by atoms with E-state index in [2.05, 4.69) is 14.9 Å². The van der Waals surface area contributed by atoms with Gasteiger partial charge < -0.3 is 15.9 Å². The molecule has 1 fully saturated rings. The van der Waals surface area contributed by atoms with Crippen LogP contribution in [0.2, 0.25) is 0 Å². The predicted molar refractivity (Wildman–Crippen MR) is 72.9 cm³/mol. The van der Waals surface area contributed by atoms with E-state index < -0.39 is 24.0 Å². The summed E-state index contributed by atoms with van der Waals surface area (Å²) < 4.78 is 7.19. The Hall–Kier alpha value is -2.21. The maximum absolute atomic E-state index is 10.2. The number of aliphatic hydroxyl groups is 2. The SMILES string of the molecule is [C-]#[N+][C@]1(CC)O[C@@H](c2ccc3c(N)ncnn23)[C@H](O)[C@@H]1O. The third-order valence-electron chi connectivity index (χ3n) is 3.93. The smallest absolute Gasteiger partial charge is 0.366 e. The second-order valence-corrected chi connectivity index (χ2v) is 4.98. The first-order valence-corrected chi connectivity index (χ1v) is 6.54. The highest BCUT2D eigenvalue weighted by Crippen LogP contribution is 2.43. The first-order valence-electron chi connectivity index (χ1n) is 6.54. The van der Waals surface area contributed by atoms with Gasteiger partial charge in [-0.15, -0.1) is 0 Å². The van der Waals surface area contributed by atoms with E-state index in [-0.39, 0.29) is 6.42 Å². The Kier molecular flexibility index (Phi) is 3.06. The normalized spacial score (nSPS) is 32.4. The molecule has 0 saturated carbocycles. The molecule has 21 heavy (non-hydrogen) atoms. The third kappa shape index (κ3) is 1.79. The molecule has 0 bridgehead atoms. The van der Waals surface area contributed by atoms with Gasteiger partial charge in [-0.05, 0) is 12.1 Å². The van der Waals surface area contributed by atoms with Gasteiger partial charge in [-0.25, -0.2) is 16.1 Å². The van der Waals surface area contributed by atoms with E-state index in [4.69, 9.17) is 17.0 Å². The zero-order chi connectivity index (χ0) is 15.2. The molecule has 0 aromatic carbocycles. The summed E-state index contributed by atoms with van der Waals surface area (Å²) in [5.41, 5.74) is 5.42. The van der Waals surface area contributed by atoms with Crippen molar-refractivity contribution >= 4 is 11.3 Å². The lowest BCUT2D eigenvalue weighted by Gasteiger charge is -2.16. The van der Waals surface area contributed by atoms with Crippen LogP contribution in [-0.4, -0.2) is 42.7 Å². The van der Waals surface area contributed by atoms with Crippen molar-refractivity contribution in [2.24, 2.45) is 0 Å². The molecule has 0 unspecified atom stereocenters. The Bertz CT molecular complexity index is 724. The van der Waals surface area contributed by atoms with Gasteiger partial charge in [0.05, 0.1) is 12.1 Å². The summed E-state index contributed by atoms with van der Waals surface area (Å²) in [5.74, 6) is 0.302. The van der Waals surface area contributed by atoms with Crippen LogP contribution in [0.3, 0.4) is 0 Å². The summed E-state index contributed by atoms with van der Waals surface area (Å²) in [6.45, 7) is 8.99. The van der Waals surface area contributed by atoms with E-state index in [9.17, 15) is 10.2 Å². The van der Waals surface area contributed by atoms with E-state index >= 15 is 0 Å². The minimum atomic E-state index is -1.44. The Morgan fingerprint density at radius 1 is 1.52 bits per heavy atom. The van der Waals surface area contributed by atoms with Crippen molar-refractivity contribution in [3.8, 4) is 0 Å². The molecule has 110 valence electrons. The molecular formula is C13H15N5O3. The number of hydrogen-bond acceptors (Lipinski definition) is 6. The average molecular weight is 289 g/mol. The summed E-state index contributed by atoms with van der Waals surface area (Å²) in [6, 6.07) is 3.40. The molecule has 4 atom stereocenters. The van der Waals surface area contributed by atoms with Crippen LogP contribution in [0.15, 0.2) is 18.5 Å². The van der Waals surface area contributed by atoms with Crippen LogP contribution in [-0.2, 0) is 4.74 Å². The highest BCUT2D eigenvalue weighted by molar-refractivity contribution is 5.65. The molecule has 0 radical (unpaired) electrons. The van der Waals surface area contributed by atoms with E-state index in [1.165, 1.54) is 10.8 Å². The Balaban J connectivity index is 2.08. The molecule has 0 spiro atoms. The minimum Gasteiger partial charge on any atom is -0.387 e. The topological polar surface area (TPSA) is 110 Å². The maximum atomic E-state index is 10.2. The van der Waals surface area contributed by atoms with Gasteiger partial charge in [0.25, 0.3) is 0 Å². The Morgan fingerprint density at radius 3 is 2.90 bits per heavy atom. The van der Waals surface area contributed by atoms with Crippen molar-refractivity contribution < 1.29 is 14.9 Å². The molecule has 1 saturated heterocycles. The van der Waals surface area contributed by atoms with Gasteiger partial charge in [0, 0.05) is 0 Å². The number of anilines is 1. The lowest BCUT2D eigenvalue weighted by Crippen LogP contribution is -2.39. The number of ether oxygens (including phenoxy) is 1. The van der Waals surface area contributed by atoms with Crippen molar-refractivity contribution in [1.29, 1.82) is 0 Å². The van der Waals surface area contributed by atoms with Crippen molar-refractivity contribution in [1.82, 2.24) is 14.6 Å². The molecule has 4 N–H and O–H groups in total. The number of rotatable bonds is 2. The van der Waals surface area contributed by atoms with Crippen LogP contribution in [0.5, 0.6) is 0 Å². The molecule has 0 aliphatic carbocycles.